The Morgan fingerprint density at radius 2 is 1.85 bits per heavy atom. The minimum Gasteiger partial charge on any atom is -0.436 e. The standard InChI is InChI=1S/C17H26O3/c1-3-19-9(2)20-17(18)14-8-12-7-13(14)16-11-5-4-10(6-11)15(12)16/h9-16H,3-8H2,1-2H3. The van der Waals surface area contributed by atoms with Crippen molar-refractivity contribution in [2.24, 2.45) is 41.4 Å². The Kier molecular flexibility index (Phi) is 3.10. The molecule has 3 nitrogen and oxygen atoms in total. The number of hydrogen-bond donors (Lipinski definition) is 0. The summed E-state index contributed by atoms with van der Waals surface area (Å²) in [6, 6.07) is 0. The van der Waals surface area contributed by atoms with Crippen LogP contribution in [-0.4, -0.2) is 18.9 Å². The Balaban J connectivity index is 1.44. The summed E-state index contributed by atoms with van der Waals surface area (Å²) in [5.74, 6) is 5.38. The molecule has 0 aromatic rings. The van der Waals surface area contributed by atoms with Crippen molar-refractivity contribution < 1.29 is 14.3 Å². The fourth-order valence-electron chi connectivity index (χ4n) is 6.36. The molecule has 4 bridgehead atoms. The van der Waals surface area contributed by atoms with Crippen LogP contribution in [0.25, 0.3) is 0 Å². The summed E-state index contributed by atoms with van der Waals surface area (Å²) >= 11 is 0. The molecule has 4 saturated carbocycles. The fraction of sp³-hybridized carbons (Fsp3) is 0.941. The second-order valence-electron chi connectivity index (χ2n) is 7.45. The van der Waals surface area contributed by atoms with Gasteiger partial charge in [0, 0.05) is 6.61 Å². The van der Waals surface area contributed by atoms with E-state index in [1.807, 2.05) is 13.8 Å². The van der Waals surface area contributed by atoms with Gasteiger partial charge in [0.1, 0.15) is 0 Å². The molecular formula is C17H26O3. The van der Waals surface area contributed by atoms with Crippen LogP contribution in [0.5, 0.6) is 0 Å². The third kappa shape index (κ3) is 1.78. The molecule has 4 aliphatic carbocycles. The number of esters is 1. The van der Waals surface area contributed by atoms with E-state index in [2.05, 4.69) is 0 Å². The van der Waals surface area contributed by atoms with Gasteiger partial charge in [0.25, 0.3) is 0 Å². The van der Waals surface area contributed by atoms with E-state index < -0.39 is 0 Å². The maximum absolute atomic E-state index is 12.4. The average Bonchev–Trinajstić information content (AvgIpc) is 3.17. The molecule has 0 heterocycles. The van der Waals surface area contributed by atoms with Gasteiger partial charge >= 0.3 is 5.97 Å². The van der Waals surface area contributed by atoms with Gasteiger partial charge in [-0.1, -0.05) is 0 Å². The van der Waals surface area contributed by atoms with Gasteiger partial charge in [0.05, 0.1) is 5.92 Å². The van der Waals surface area contributed by atoms with Crippen LogP contribution >= 0.6 is 0 Å². The second kappa shape index (κ2) is 4.72. The summed E-state index contributed by atoms with van der Waals surface area (Å²) in [5.41, 5.74) is 0. The van der Waals surface area contributed by atoms with Gasteiger partial charge in [-0.2, -0.15) is 0 Å². The molecule has 0 N–H and O–H groups in total. The van der Waals surface area contributed by atoms with Crippen molar-refractivity contribution in [3.8, 4) is 0 Å². The highest BCUT2D eigenvalue weighted by molar-refractivity contribution is 5.73. The Labute approximate surface area is 121 Å². The van der Waals surface area contributed by atoms with Gasteiger partial charge in [-0.25, -0.2) is 0 Å². The minimum absolute atomic E-state index is 0.0136. The zero-order chi connectivity index (χ0) is 13.9. The van der Waals surface area contributed by atoms with Crippen LogP contribution in [0.4, 0.5) is 0 Å². The van der Waals surface area contributed by atoms with Gasteiger partial charge in [0.2, 0.25) is 0 Å². The molecule has 8 atom stereocenters. The molecule has 0 spiro atoms. The number of rotatable bonds is 4. The first-order valence-electron chi connectivity index (χ1n) is 8.51. The highest BCUT2D eigenvalue weighted by Gasteiger charge is 2.63. The zero-order valence-corrected chi connectivity index (χ0v) is 12.6. The summed E-state index contributed by atoms with van der Waals surface area (Å²) in [4.78, 5) is 12.4. The molecule has 3 heteroatoms. The van der Waals surface area contributed by atoms with Gasteiger partial charge in [-0.3, -0.25) is 4.79 Å². The topological polar surface area (TPSA) is 35.5 Å². The van der Waals surface area contributed by atoms with E-state index in [1.54, 1.807) is 0 Å². The lowest BCUT2D eigenvalue weighted by molar-refractivity contribution is -0.181. The largest absolute Gasteiger partial charge is 0.436 e. The molecular weight excluding hydrogens is 252 g/mol. The monoisotopic (exact) mass is 278 g/mol. The summed E-state index contributed by atoms with van der Waals surface area (Å²) in [6.07, 6.45) is 6.34. The van der Waals surface area contributed by atoms with Gasteiger partial charge in [-0.05, 0) is 81.5 Å². The molecule has 0 aromatic heterocycles. The maximum Gasteiger partial charge on any atom is 0.311 e. The molecule has 4 rings (SSSR count). The molecule has 4 fully saturated rings. The SMILES string of the molecule is CCOC(C)OC(=O)C1CC2CC1C1C3CCC(C3)C21. The van der Waals surface area contributed by atoms with Crippen LogP contribution in [-0.2, 0) is 14.3 Å². The highest BCUT2D eigenvalue weighted by Crippen LogP contribution is 2.68. The summed E-state index contributed by atoms with van der Waals surface area (Å²) in [5, 5.41) is 0. The summed E-state index contributed by atoms with van der Waals surface area (Å²) < 4.78 is 10.8. The number of hydrogen-bond acceptors (Lipinski definition) is 3. The number of carbonyl (C=O) groups is 1. The first-order valence-corrected chi connectivity index (χ1v) is 8.51. The van der Waals surface area contributed by atoms with Crippen LogP contribution in [0.2, 0.25) is 0 Å². The van der Waals surface area contributed by atoms with E-state index in [-0.39, 0.29) is 18.2 Å². The van der Waals surface area contributed by atoms with Gasteiger partial charge < -0.3 is 9.47 Å². The van der Waals surface area contributed by atoms with E-state index in [0.29, 0.717) is 12.5 Å². The lowest BCUT2D eigenvalue weighted by Gasteiger charge is -2.37. The average molecular weight is 278 g/mol. The molecule has 4 aliphatic rings. The summed E-state index contributed by atoms with van der Waals surface area (Å²) in [6.45, 7) is 4.36. The minimum atomic E-state index is -0.387. The molecule has 20 heavy (non-hydrogen) atoms. The van der Waals surface area contributed by atoms with Crippen LogP contribution in [0.15, 0.2) is 0 Å². The first kappa shape index (κ1) is 13.1. The first-order chi connectivity index (χ1) is 9.69. The van der Waals surface area contributed by atoms with Crippen molar-refractivity contribution in [3.63, 3.8) is 0 Å². The van der Waals surface area contributed by atoms with Gasteiger partial charge in [0.15, 0.2) is 6.29 Å². The van der Waals surface area contributed by atoms with E-state index in [4.69, 9.17) is 9.47 Å². The van der Waals surface area contributed by atoms with E-state index >= 15 is 0 Å². The lowest BCUT2D eigenvalue weighted by Crippen LogP contribution is -2.37. The summed E-state index contributed by atoms with van der Waals surface area (Å²) in [7, 11) is 0. The van der Waals surface area contributed by atoms with Crippen molar-refractivity contribution in [1.29, 1.82) is 0 Å². The smallest absolute Gasteiger partial charge is 0.311 e. The van der Waals surface area contributed by atoms with Crippen molar-refractivity contribution >= 4 is 5.97 Å². The lowest BCUT2D eigenvalue weighted by atomic mass is 9.67. The molecule has 0 amide bonds. The van der Waals surface area contributed by atoms with E-state index in [0.717, 1.165) is 36.0 Å². The van der Waals surface area contributed by atoms with E-state index in [1.165, 1.54) is 25.7 Å². The normalized spacial score (nSPS) is 49.4. The quantitative estimate of drug-likeness (QED) is 0.450. The van der Waals surface area contributed by atoms with Crippen molar-refractivity contribution in [2.45, 2.75) is 52.2 Å². The van der Waals surface area contributed by atoms with Crippen LogP contribution in [0.1, 0.15) is 46.0 Å². The highest BCUT2D eigenvalue weighted by atomic mass is 16.7. The predicted molar refractivity (Wildman–Crippen MR) is 74.7 cm³/mol. The maximum atomic E-state index is 12.4. The second-order valence-corrected chi connectivity index (χ2v) is 7.45. The Hall–Kier alpha value is -0.570. The molecule has 112 valence electrons. The van der Waals surface area contributed by atoms with Crippen molar-refractivity contribution in [2.75, 3.05) is 6.61 Å². The third-order valence-electron chi connectivity index (χ3n) is 6.72. The number of ether oxygens (including phenoxy) is 2. The fourth-order valence-corrected chi connectivity index (χ4v) is 6.36. The van der Waals surface area contributed by atoms with Crippen molar-refractivity contribution in [3.05, 3.63) is 0 Å². The molecule has 8 unspecified atom stereocenters. The number of carbonyl (C=O) groups excluding carboxylic acids is 1. The molecule has 0 aliphatic heterocycles. The van der Waals surface area contributed by atoms with Crippen LogP contribution < -0.4 is 0 Å². The van der Waals surface area contributed by atoms with E-state index in [9.17, 15) is 4.79 Å². The molecule has 0 saturated heterocycles. The Bertz CT molecular complexity index is 407. The molecule has 0 aromatic carbocycles. The number of fused-ring (bicyclic) bond motifs is 9. The van der Waals surface area contributed by atoms with Crippen molar-refractivity contribution in [1.82, 2.24) is 0 Å². The predicted octanol–water partition coefficient (Wildman–Crippen LogP) is 3.23. The van der Waals surface area contributed by atoms with Gasteiger partial charge in [-0.15, -0.1) is 0 Å². The Morgan fingerprint density at radius 3 is 2.60 bits per heavy atom. The zero-order valence-electron chi connectivity index (χ0n) is 12.6. The Morgan fingerprint density at radius 1 is 1.10 bits per heavy atom. The molecule has 0 radical (unpaired) electrons. The third-order valence-corrected chi connectivity index (χ3v) is 6.72. The van der Waals surface area contributed by atoms with Crippen LogP contribution in [0, 0.1) is 41.4 Å². The van der Waals surface area contributed by atoms with Crippen LogP contribution in [0.3, 0.4) is 0 Å².